The van der Waals surface area contributed by atoms with Crippen molar-refractivity contribution < 1.29 is 4.74 Å². The van der Waals surface area contributed by atoms with Crippen LogP contribution in [0.4, 0.5) is 17.1 Å². The van der Waals surface area contributed by atoms with Crippen molar-refractivity contribution in [2.45, 2.75) is 19.9 Å². The summed E-state index contributed by atoms with van der Waals surface area (Å²) in [5.41, 5.74) is 10.00. The Kier molecular flexibility index (Phi) is 5.53. The summed E-state index contributed by atoms with van der Waals surface area (Å²) in [5, 5.41) is 3.14. The fraction of sp³-hybridized carbons (Fsp3) is 0.333. The van der Waals surface area contributed by atoms with Gasteiger partial charge in [-0.15, -0.1) is 0 Å². The Morgan fingerprint density at radius 2 is 1.91 bits per heavy atom. The van der Waals surface area contributed by atoms with Crippen LogP contribution in [-0.4, -0.2) is 20.7 Å². The van der Waals surface area contributed by atoms with Gasteiger partial charge in [0.1, 0.15) is 5.75 Å². The Balaban J connectivity index is 2.38. The Bertz CT molecular complexity index is 599. The molecule has 22 heavy (non-hydrogen) atoms. The molecule has 0 aliphatic heterocycles. The lowest BCUT2D eigenvalue weighted by Gasteiger charge is -2.27. The largest absolute Gasteiger partial charge is 0.495 e. The minimum absolute atomic E-state index is 0.694. The van der Waals surface area contributed by atoms with Gasteiger partial charge in [-0.2, -0.15) is 0 Å². The van der Waals surface area contributed by atoms with Gasteiger partial charge in [-0.05, 0) is 18.1 Å². The molecule has 0 bridgehead atoms. The first-order valence-electron chi connectivity index (χ1n) is 7.63. The summed E-state index contributed by atoms with van der Waals surface area (Å²) in [6.07, 6.45) is 1.06. The molecule has 0 atom stereocenters. The predicted octanol–water partition coefficient (Wildman–Crippen LogP) is 3.74. The molecule has 0 aromatic heterocycles. The second-order valence-corrected chi connectivity index (χ2v) is 5.27. The highest BCUT2D eigenvalue weighted by atomic mass is 16.5. The molecule has 118 valence electrons. The third kappa shape index (κ3) is 3.64. The summed E-state index contributed by atoms with van der Waals surface area (Å²) in [7, 11) is 3.56. The fourth-order valence-corrected chi connectivity index (χ4v) is 2.57. The first-order valence-corrected chi connectivity index (χ1v) is 7.63. The van der Waals surface area contributed by atoms with Crippen LogP contribution in [0.25, 0.3) is 0 Å². The van der Waals surface area contributed by atoms with E-state index in [1.54, 1.807) is 7.11 Å². The van der Waals surface area contributed by atoms with Gasteiger partial charge in [-0.1, -0.05) is 37.3 Å². The molecule has 4 nitrogen and oxygen atoms in total. The molecular weight excluding hydrogens is 274 g/mol. The quantitative estimate of drug-likeness (QED) is 0.765. The summed E-state index contributed by atoms with van der Waals surface area (Å²) in [5.74, 6) is 0.806. The SMILES string of the molecule is CCCN(Cc1ccccc1)c1cc(NC)c(N)cc1OC. The molecule has 2 aromatic carbocycles. The Morgan fingerprint density at radius 3 is 2.50 bits per heavy atom. The summed E-state index contributed by atoms with van der Waals surface area (Å²) in [6.45, 7) is 3.98. The maximum absolute atomic E-state index is 6.04. The Hall–Kier alpha value is -2.36. The summed E-state index contributed by atoms with van der Waals surface area (Å²) in [4.78, 5) is 2.33. The summed E-state index contributed by atoms with van der Waals surface area (Å²) < 4.78 is 5.54. The van der Waals surface area contributed by atoms with Crippen LogP contribution in [0.3, 0.4) is 0 Å². The Morgan fingerprint density at radius 1 is 1.18 bits per heavy atom. The van der Waals surface area contributed by atoms with Crippen molar-refractivity contribution in [1.29, 1.82) is 0 Å². The van der Waals surface area contributed by atoms with Crippen LogP contribution in [0.5, 0.6) is 5.75 Å². The van der Waals surface area contributed by atoms with Gasteiger partial charge in [-0.25, -0.2) is 0 Å². The number of rotatable bonds is 7. The van der Waals surface area contributed by atoms with Gasteiger partial charge in [0.15, 0.2) is 0 Å². The van der Waals surface area contributed by atoms with Crippen LogP contribution in [0, 0.1) is 0 Å². The number of hydrogen-bond donors (Lipinski definition) is 2. The van der Waals surface area contributed by atoms with Crippen molar-refractivity contribution in [3.05, 3.63) is 48.0 Å². The van der Waals surface area contributed by atoms with E-state index in [0.29, 0.717) is 5.69 Å². The van der Waals surface area contributed by atoms with E-state index < -0.39 is 0 Å². The topological polar surface area (TPSA) is 50.5 Å². The number of nitrogens with zero attached hydrogens (tertiary/aromatic N) is 1. The van der Waals surface area contributed by atoms with Gasteiger partial charge >= 0.3 is 0 Å². The molecule has 2 aromatic rings. The normalized spacial score (nSPS) is 10.3. The standard InChI is InChI=1S/C18H25N3O/c1-4-10-21(13-14-8-6-5-7-9-14)17-12-16(20-2)15(19)11-18(17)22-3/h5-9,11-12,20H,4,10,13,19H2,1-3H3. The van der Waals surface area contributed by atoms with Gasteiger partial charge in [0.05, 0.1) is 24.2 Å². The molecule has 0 unspecified atom stereocenters. The maximum atomic E-state index is 6.04. The first-order chi connectivity index (χ1) is 10.7. The lowest BCUT2D eigenvalue weighted by Crippen LogP contribution is -2.24. The van der Waals surface area contributed by atoms with Gasteiger partial charge in [0.2, 0.25) is 0 Å². The predicted molar refractivity (Wildman–Crippen MR) is 94.7 cm³/mol. The highest BCUT2D eigenvalue weighted by Gasteiger charge is 2.15. The summed E-state index contributed by atoms with van der Waals surface area (Å²) in [6, 6.07) is 14.4. The van der Waals surface area contributed by atoms with E-state index in [1.165, 1.54) is 5.56 Å². The van der Waals surface area contributed by atoms with Gasteiger partial charge in [-0.3, -0.25) is 0 Å². The highest BCUT2D eigenvalue weighted by molar-refractivity contribution is 5.77. The van der Waals surface area contributed by atoms with Gasteiger partial charge in [0, 0.05) is 26.2 Å². The number of ether oxygens (including phenoxy) is 1. The number of anilines is 3. The summed E-state index contributed by atoms with van der Waals surface area (Å²) >= 11 is 0. The zero-order valence-electron chi connectivity index (χ0n) is 13.6. The molecule has 0 amide bonds. The Labute approximate surface area is 132 Å². The molecule has 0 fully saturated rings. The number of nitrogens with two attached hydrogens (primary N) is 1. The van der Waals surface area contributed by atoms with Crippen LogP contribution in [0.15, 0.2) is 42.5 Å². The van der Waals surface area contributed by atoms with Crippen LogP contribution < -0.4 is 20.7 Å². The minimum atomic E-state index is 0.694. The van der Waals surface area contributed by atoms with Crippen molar-refractivity contribution in [1.82, 2.24) is 0 Å². The molecule has 0 aliphatic carbocycles. The van der Waals surface area contributed by atoms with Crippen LogP contribution in [0.2, 0.25) is 0 Å². The lowest BCUT2D eigenvalue weighted by atomic mass is 10.1. The van der Waals surface area contributed by atoms with E-state index in [9.17, 15) is 0 Å². The molecule has 0 saturated carbocycles. The van der Waals surface area contributed by atoms with Crippen molar-refractivity contribution >= 4 is 17.1 Å². The van der Waals surface area contributed by atoms with Crippen LogP contribution in [0.1, 0.15) is 18.9 Å². The fourth-order valence-electron chi connectivity index (χ4n) is 2.57. The molecule has 4 heteroatoms. The van der Waals surface area contributed by atoms with Crippen LogP contribution >= 0.6 is 0 Å². The zero-order chi connectivity index (χ0) is 15.9. The molecule has 0 aliphatic rings. The second-order valence-electron chi connectivity index (χ2n) is 5.27. The number of methoxy groups -OCH3 is 1. The van der Waals surface area contributed by atoms with Crippen molar-refractivity contribution in [3.8, 4) is 5.75 Å². The van der Waals surface area contributed by atoms with Gasteiger partial charge < -0.3 is 20.7 Å². The third-order valence-corrected chi connectivity index (χ3v) is 3.67. The lowest BCUT2D eigenvalue weighted by molar-refractivity contribution is 0.414. The molecule has 2 rings (SSSR count). The number of benzene rings is 2. The van der Waals surface area contributed by atoms with Crippen molar-refractivity contribution in [3.63, 3.8) is 0 Å². The monoisotopic (exact) mass is 299 g/mol. The molecule has 0 radical (unpaired) electrons. The van der Waals surface area contributed by atoms with Crippen molar-refractivity contribution in [2.24, 2.45) is 0 Å². The average molecular weight is 299 g/mol. The average Bonchev–Trinajstić information content (AvgIpc) is 2.55. The smallest absolute Gasteiger partial charge is 0.144 e. The van der Waals surface area contributed by atoms with E-state index in [-0.39, 0.29) is 0 Å². The molecule has 3 N–H and O–H groups in total. The zero-order valence-corrected chi connectivity index (χ0v) is 13.6. The minimum Gasteiger partial charge on any atom is -0.495 e. The molecule has 0 spiro atoms. The number of nitrogens with one attached hydrogen (secondary N) is 1. The van der Waals surface area contributed by atoms with E-state index in [0.717, 1.165) is 36.6 Å². The van der Waals surface area contributed by atoms with E-state index in [1.807, 2.05) is 19.2 Å². The highest BCUT2D eigenvalue weighted by Crippen LogP contribution is 2.36. The van der Waals surface area contributed by atoms with Gasteiger partial charge in [0.25, 0.3) is 0 Å². The third-order valence-electron chi connectivity index (χ3n) is 3.67. The molecule has 0 saturated heterocycles. The molecular formula is C18H25N3O. The van der Waals surface area contributed by atoms with Crippen molar-refractivity contribution in [2.75, 3.05) is 36.7 Å². The van der Waals surface area contributed by atoms with E-state index >= 15 is 0 Å². The second kappa shape index (κ2) is 7.59. The number of hydrogen-bond acceptors (Lipinski definition) is 4. The number of nitrogen functional groups attached to an aromatic ring is 1. The van der Waals surface area contributed by atoms with Crippen LogP contribution in [-0.2, 0) is 6.54 Å². The first kappa shape index (κ1) is 16.0. The molecule has 0 heterocycles. The van der Waals surface area contributed by atoms with E-state index in [4.69, 9.17) is 10.5 Å². The van der Waals surface area contributed by atoms with E-state index in [2.05, 4.69) is 47.5 Å². The maximum Gasteiger partial charge on any atom is 0.144 e.